The van der Waals surface area contributed by atoms with E-state index in [1.807, 2.05) is 12.1 Å². The zero-order valence-corrected chi connectivity index (χ0v) is 5.73. The fraction of sp³-hybridized carbons (Fsp3) is 0. The van der Waals surface area contributed by atoms with Gasteiger partial charge in [0.15, 0.2) is 0 Å². The van der Waals surface area contributed by atoms with Crippen LogP contribution in [0.2, 0.25) is 0 Å². The lowest BCUT2D eigenvalue weighted by Crippen LogP contribution is -2.04. The van der Waals surface area contributed by atoms with Crippen LogP contribution in [-0.4, -0.2) is 14.4 Å². The van der Waals surface area contributed by atoms with Crippen molar-refractivity contribution in [2.75, 3.05) is 11.5 Å². The SMILES string of the molecule is Nc1nc(N)n2cccc2n1. The Morgan fingerprint density at radius 1 is 1.27 bits per heavy atom. The van der Waals surface area contributed by atoms with Gasteiger partial charge in [-0.15, -0.1) is 0 Å². The molecular formula is C6H7N5. The minimum absolute atomic E-state index is 0.203. The number of rotatable bonds is 0. The second-order valence-electron chi connectivity index (χ2n) is 2.18. The molecule has 2 aromatic heterocycles. The van der Waals surface area contributed by atoms with Gasteiger partial charge in [-0.3, -0.25) is 4.40 Å². The predicted octanol–water partition coefficient (Wildman–Crippen LogP) is -0.106. The molecule has 0 saturated carbocycles. The number of hydrogen-bond donors (Lipinski definition) is 2. The third-order valence-electron chi connectivity index (χ3n) is 1.43. The molecule has 0 atom stereocenters. The van der Waals surface area contributed by atoms with Crippen molar-refractivity contribution in [1.29, 1.82) is 0 Å². The number of aromatic nitrogens is 3. The maximum absolute atomic E-state index is 5.53. The van der Waals surface area contributed by atoms with Gasteiger partial charge in [0.05, 0.1) is 0 Å². The van der Waals surface area contributed by atoms with Crippen molar-refractivity contribution in [2.45, 2.75) is 0 Å². The van der Waals surface area contributed by atoms with E-state index in [2.05, 4.69) is 9.97 Å². The highest BCUT2D eigenvalue weighted by atomic mass is 15.2. The highest BCUT2D eigenvalue weighted by molar-refractivity contribution is 5.47. The van der Waals surface area contributed by atoms with Crippen LogP contribution in [0.25, 0.3) is 5.65 Å². The first-order chi connectivity index (χ1) is 5.27. The first-order valence-corrected chi connectivity index (χ1v) is 3.13. The van der Waals surface area contributed by atoms with Crippen LogP contribution >= 0.6 is 0 Å². The molecule has 0 spiro atoms. The van der Waals surface area contributed by atoms with Crippen molar-refractivity contribution in [3.63, 3.8) is 0 Å². The van der Waals surface area contributed by atoms with Crippen molar-refractivity contribution >= 4 is 17.5 Å². The Morgan fingerprint density at radius 3 is 2.91 bits per heavy atom. The minimum Gasteiger partial charge on any atom is -0.369 e. The van der Waals surface area contributed by atoms with Crippen molar-refractivity contribution in [3.8, 4) is 0 Å². The Morgan fingerprint density at radius 2 is 2.09 bits per heavy atom. The average molecular weight is 149 g/mol. The van der Waals surface area contributed by atoms with Crippen LogP contribution in [0, 0.1) is 0 Å². The number of nitrogens with zero attached hydrogens (tertiary/aromatic N) is 3. The van der Waals surface area contributed by atoms with Gasteiger partial charge in [-0.05, 0) is 12.1 Å². The summed E-state index contributed by atoms with van der Waals surface area (Å²) < 4.78 is 1.66. The molecule has 0 radical (unpaired) electrons. The van der Waals surface area contributed by atoms with Crippen molar-refractivity contribution in [3.05, 3.63) is 18.3 Å². The highest BCUT2D eigenvalue weighted by Crippen LogP contribution is 2.06. The topological polar surface area (TPSA) is 82.2 Å². The first-order valence-electron chi connectivity index (χ1n) is 3.13. The molecule has 2 aromatic rings. The second kappa shape index (κ2) is 1.85. The normalized spacial score (nSPS) is 10.5. The van der Waals surface area contributed by atoms with Crippen LogP contribution < -0.4 is 11.5 Å². The van der Waals surface area contributed by atoms with Gasteiger partial charge in [0, 0.05) is 6.20 Å². The summed E-state index contributed by atoms with van der Waals surface area (Å²) in [5, 5.41) is 0. The van der Waals surface area contributed by atoms with Gasteiger partial charge in [0.2, 0.25) is 11.9 Å². The number of hydrogen-bond acceptors (Lipinski definition) is 4. The second-order valence-corrected chi connectivity index (χ2v) is 2.18. The summed E-state index contributed by atoms with van der Waals surface area (Å²) in [6.07, 6.45) is 1.78. The summed E-state index contributed by atoms with van der Waals surface area (Å²) >= 11 is 0. The van der Waals surface area contributed by atoms with E-state index in [4.69, 9.17) is 11.5 Å². The van der Waals surface area contributed by atoms with E-state index in [-0.39, 0.29) is 5.95 Å². The van der Waals surface area contributed by atoms with Gasteiger partial charge in [-0.25, -0.2) is 0 Å². The molecule has 5 nitrogen and oxygen atoms in total. The van der Waals surface area contributed by atoms with E-state index < -0.39 is 0 Å². The van der Waals surface area contributed by atoms with Crippen molar-refractivity contribution in [2.24, 2.45) is 0 Å². The molecule has 0 aliphatic carbocycles. The van der Waals surface area contributed by atoms with Gasteiger partial charge in [0.25, 0.3) is 0 Å². The maximum atomic E-state index is 5.53. The van der Waals surface area contributed by atoms with Crippen molar-refractivity contribution in [1.82, 2.24) is 14.4 Å². The van der Waals surface area contributed by atoms with Crippen molar-refractivity contribution < 1.29 is 0 Å². The summed E-state index contributed by atoms with van der Waals surface area (Å²) in [6, 6.07) is 3.65. The summed E-state index contributed by atoms with van der Waals surface area (Å²) in [7, 11) is 0. The highest BCUT2D eigenvalue weighted by Gasteiger charge is 1.99. The van der Waals surface area contributed by atoms with Crippen LogP contribution in [0.5, 0.6) is 0 Å². The Balaban J connectivity index is 2.91. The zero-order chi connectivity index (χ0) is 7.84. The molecule has 0 amide bonds. The lowest BCUT2D eigenvalue weighted by atomic mass is 10.6. The molecule has 0 saturated heterocycles. The number of nitrogens with two attached hydrogens (primary N) is 2. The van der Waals surface area contributed by atoms with E-state index in [1.54, 1.807) is 10.6 Å². The Labute approximate surface area is 62.7 Å². The predicted molar refractivity (Wildman–Crippen MR) is 41.8 cm³/mol. The molecule has 5 heteroatoms. The molecular weight excluding hydrogens is 142 g/mol. The monoisotopic (exact) mass is 149 g/mol. The summed E-state index contributed by atoms with van der Waals surface area (Å²) in [5.74, 6) is 0.561. The van der Waals surface area contributed by atoms with Crippen LogP contribution in [0.3, 0.4) is 0 Å². The molecule has 56 valence electrons. The molecule has 0 aromatic carbocycles. The Kier molecular flexibility index (Phi) is 1.00. The fourth-order valence-corrected chi connectivity index (χ4v) is 0.970. The third kappa shape index (κ3) is 0.778. The lowest BCUT2D eigenvalue weighted by Gasteiger charge is -1.98. The Bertz CT molecular complexity index is 391. The molecule has 4 N–H and O–H groups in total. The van der Waals surface area contributed by atoms with Crippen LogP contribution in [0.15, 0.2) is 18.3 Å². The largest absolute Gasteiger partial charge is 0.369 e. The molecule has 2 heterocycles. The molecule has 11 heavy (non-hydrogen) atoms. The van der Waals surface area contributed by atoms with Crippen LogP contribution in [0.4, 0.5) is 11.9 Å². The van der Waals surface area contributed by atoms with E-state index >= 15 is 0 Å². The van der Waals surface area contributed by atoms with E-state index in [9.17, 15) is 0 Å². The summed E-state index contributed by atoms with van der Waals surface area (Å²) in [4.78, 5) is 7.73. The first kappa shape index (κ1) is 5.96. The van der Waals surface area contributed by atoms with Crippen LogP contribution in [0.1, 0.15) is 0 Å². The van der Waals surface area contributed by atoms with Gasteiger partial charge < -0.3 is 11.5 Å². The van der Waals surface area contributed by atoms with E-state index in [1.165, 1.54) is 0 Å². The smallest absolute Gasteiger partial charge is 0.225 e. The average Bonchev–Trinajstić information content (AvgIpc) is 2.34. The van der Waals surface area contributed by atoms with Gasteiger partial charge in [0.1, 0.15) is 5.65 Å². The molecule has 0 aliphatic rings. The minimum atomic E-state index is 0.203. The molecule has 0 aliphatic heterocycles. The van der Waals surface area contributed by atoms with E-state index in [0.717, 1.165) is 5.65 Å². The quantitative estimate of drug-likeness (QED) is 0.547. The molecule has 0 fully saturated rings. The van der Waals surface area contributed by atoms with Crippen LogP contribution in [-0.2, 0) is 0 Å². The number of fused-ring (bicyclic) bond motifs is 1. The van der Waals surface area contributed by atoms with Gasteiger partial charge in [-0.1, -0.05) is 0 Å². The number of anilines is 2. The summed E-state index contributed by atoms with van der Waals surface area (Å²) in [5.41, 5.74) is 11.6. The molecule has 0 unspecified atom stereocenters. The molecule has 2 rings (SSSR count). The molecule has 0 bridgehead atoms. The standard InChI is InChI=1S/C6H7N5/c7-5-9-4-2-1-3-11(4)6(8)10-5/h1-3H,(H4,7,8,9,10). The fourth-order valence-electron chi connectivity index (χ4n) is 0.970. The summed E-state index contributed by atoms with van der Waals surface area (Å²) in [6.45, 7) is 0. The maximum Gasteiger partial charge on any atom is 0.225 e. The third-order valence-corrected chi connectivity index (χ3v) is 1.43. The zero-order valence-electron chi connectivity index (χ0n) is 5.73. The number of nitrogen functional groups attached to an aromatic ring is 2. The van der Waals surface area contributed by atoms with E-state index in [0.29, 0.717) is 5.95 Å². The Hall–Kier alpha value is -1.78. The van der Waals surface area contributed by atoms with Gasteiger partial charge >= 0.3 is 0 Å². The lowest BCUT2D eigenvalue weighted by molar-refractivity contribution is 1.06. The van der Waals surface area contributed by atoms with Gasteiger partial charge in [-0.2, -0.15) is 9.97 Å².